The monoisotopic (exact) mass is 343 g/mol. The molecule has 1 aromatic heterocycles. The number of carbonyl (C=O) groups is 1. The van der Waals surface area contributed by atoms with Crippen molar-refractivity contribution < 1.29 is 4.79 Å². The molecule has 1 heterocycles. The Balaban J connectivity index is 1.71. The van der Waals surface area contributed by atoms with Crippen molar-refractivity contribution in [3.63, 3.8) is 0 Å². The van der Waals surface area contributed by atoms with Crippen LogP contribution in [0.1, 0.15) is 28.5 Å². The highest BCUT2D eigenvalue weighted by molar-refractivity contribution is 6.03. The molecule has 0 bridgehead atoms. The van der Waals surface area contributed by atoms with Gasteiger partial charge in [0.05, 0.1) is 11.6 Å². The summed E-state index contributed by atoms with van der Waals surface area (Å²) < 4.78 is 0. The Morgan fingerprint density at radius 1 is 1.04 bits per heavy atom. The van der Waals surface area contributed by atoms with Crippen LogP contribution in [0.5, 0.6) is 0 Å². The van der Waals surface area contributed by atoms with Gasteiger partial charge in [0.1, 0.15) is 17.8 Å². The molecule has 3 aromatic rings. The van der Waals surface area contributed by atoms with Crippen LogP contribution in [0.3, 0.4) is 0 Å². The van der Waals surface area contributed by atoms with Crippen LogP contribution in [0.2, 0.25) is 0 Å². The molecule has 0 aliphatic rings. The van der Waals surface area contributed by atoms with Crippen LogP contribution in [0.25, 0.3) is 0 Å². The second-order valence-electron chi connectivity index (χ2n) is 5.61. The van der Waals surface area contributed by atoms with Crippen LogP contribution in [0.4, 0.5) is 17.2 Å². The smallest absolute Gasteiger partial charge is 0.274 e. The normalized spacial score (nSPS) is 10.0. The number of benzene rings is 2. The molecular weight excluding hydrogens is 326 g/mol. The van der Waals surface area contributed by atoms with Gasteiger partial charge in [-0.15, -0.1) is 0 Å². The molecular formula is C20H17N5O. The molecule has 0 saturated carbocycles. The van der Waals surface area contributed by atoms with E-state index in [9.17, 15) is 4.79 Å². The predicted octanol–water partition coefficient (Wildman–Crippen LogP) is 3.91. The van der Waals surface area contributed by atoms with E-state index in [1.54, 1.807) is 30.3 Å². The molecule has 0 unspecified atom stereocenters. The summed E-state index contributed by atoms with van der Waals surface area (Å²) in [6, 6.07) is 18.3. The zero-order valence-corrected chi connectivity index (χ0v) is 14.2. The molecule has 0 fully saturated rings. The molecule has 2 N–H and O–H groups in total. The molecule has 0 spiro atoms. The van der Waals surface area contributed by atoms with Crippen molar-refractivity contribution in [1.82, 2.24) is 9.97 Å². The molecule has 0 saturated heterocycles. The summed E-state index contributed by atoms with van der Waals surface area (Å²) in [4.78, 5) is 20.5. The Morgan fingerprint density at radius 2 is 1.73 bits per heavy atom. The number of nitrogens with zero attached hydrogens (tertiary/aromatic N) is 3. The maximum atomic E-state index is 12.4. The van der Waals surface area contributed by atoms with Gasteiger partial charge >= 0.3 is 0 Å². The van der Waals surface area contributed by atoms with E-state index in [0.29, 0.717) is 17.1 Å². The highest BCUT2D eigenvalue weighted by Crippen LogP contribution is 2.16. The predicted molar refractivity (Wildman–Crippen MR) is 100 cm³/mol. The number of aromatic nitrogens is 2. The summed E-state index contributed by atoms with van der Waals surface area (Å²) in [6.45, 7) is 2.10. The first-order valence-corrected chi connectivity index (χ1v) is 8.17. The van der Waals surface area contributed by atoms with Gasteiger partial charge in [0.25, 0.3) is 5.91 Å². The van der Waals surface area contributed by atoms with E-state index in [0.717, 1.165) is 12.1 Å². The summed E-state index contributed by atoms with van der Waals surface area (Å²) in [6.07, 6.45) is 2.32. The molecule has 26 heavy (non-hydrogen) atoms. The Morgan fingerprint density at radius 3 is 2.38 bits per heavy atom. The number of rotatable bonds is 5. The molecule has 1 amide bonds. The van der Waals surface area contributed by atoms with Gasteiger partial charge in [-0.3, -0.25) is 4.79 Å². The molecule has 0 atom stereocenters. The van der Waals surface area contributed by atoms with Gasteiger partial charge in [-0.25, -0.2) is 9.97 Å². The quantitative estimate of drug-likeness (QED) is 0.733. The number of nitriles is 1. The lowest BCUT2D eigenvalue weighted by Crippen LogP contribution is -2.14. The third kappa shape index (κ3) is 4.22. The summed E-state index contributed by atoms with van der Waals surface area (Å²) >= 11 is 0. The number of carbonyl (C=O) groups excluding carboxylic acids is 1. The summed E-state index contributed by atoms with van der Waals surface area (Å²) in [5, 5.41) is 14.7. The first-order chi connectivity index (χ1) is 12.7. The first-order valence-electron chi connectivity index (χ1n) is 8.17. The standard InChI is InChI=1S/C20H17N5O/c1-2-14-3-7-16(8-4-14)24-19-11-18(22-13-23-19)20(26)25-17-9-5-15(12-21)6-10-17/h3-11,13H,2H2,1H3,(H,25,26)(H,22,23,24). The number of nitrogens with one attached hydrogen (secondary N) is 2. The minimum atomic E-state index is -0.346. The van der Waals surface area contributed by atoms with Crippen LogP contribution in [0, 0.1) is 11.3 Å². The molecule has 0 radical (unpaired) electrons. The van der Waals surface area contributed by atoms with E-state index in [4.69, 9.17) is 5.26 Å². The van der Waals surface area contributed by atoms with Crippen LogP contribution in [0.15, 0.2) is 60.9 Å². The van der Waals surface area contributed by atoms with Gasteiger partial charge in [0.15, 0.2) is 0 Å². The number of amides is 1. The van der Waals surface area contributed by atoms with Gasteiger partial charge in [-0.1, -0.05) is 19.1 Å². The van der Waals surface area contributed by atoms with Gasteiger partial charge in [-0.2, -0.15) is 5.26 Å². The van der Waals surface area contributed by atoms with E-state index in [1.807, 2.05) is 30.3 Å². The first kappa shape index (κ1) is 17.1. The second-order valence-corrected chi connectivity index (χ2v) is 5.61. The van der Waals surface area contributed by atoms with Gasteiger partial charge in [0, 0.05) is 17.4 Å². The number of hydrogen-bond acceptors (Lipinski definition) is 5. The van der Waals surface area contributed by atoms with E-state index in [1.165, 1.54) is 11.9 Å². The maximum absolute atomic E-state index is 12.4. The lowest BCUT2D eigenvalue weighted by atomic mass is 10.1. The maximum Gasteiger partial charge on any atom is 0.274 e. The van der Waals surface area contributed by atoms with Gasteiger partial charge in [-0.05, 0) is 48.4 Å². The fraction of sp³-hybridized carbons (Fsp3) is 0.100. The molecule has 128 valence electrons. The van der Waals surface area contributed by atoms with Crippen molar-refractivity contribution >= 4 is 23.1 Å². The lowest BCUT2D eigenvalue weighted by molar-refractivity contribution is 0.102. The average molecular weight is 343 g/mol. The molecule has 0 aliphatic heterocycles. The summed E-state index contributed by atoms with van der Waals surface area (Å²) in [5.74, 6) is 0.190. The summed E-state index contributed by atoms with van der Waals surface area (Å²) in [5.41, 5.74) is 3.51. The average Bonchev–Trinajstić information content (AvgIpc) is 2.69. The fourth-order valence-electron chi connectivity index (χ4n) is 2.34. The molecule has 6 heteroatoms. The minimum Gasteiger partial charge on any atom is -0.340 e. The SMILES string of the molecule is CCc1ccc(Nc2cc(C(=O)Nc3ccc(C#N)cc3)ncn2)cc1. The molecule has 2 aromatic carbocycles. The third-order valence-corrected chi connectivity index (χ3v) is 3.81. The Kier molecular flexibility index (Phi) is 5.20. The van der Waals surface area contributed by atoms with E-state index in [2.05, 4.69) is 27.5 Å². The minimum absolute atomic E-state index is 0.247. The Hall–Kier alpha value is -3.72. The van der Waals surface area contributed by atoms with Crippen molar-refractivity contribution in [3.8, 4) is 6.07 Å². The van der Waals surface area contributed by atoms with Crippen LogP contribution >= 0.6 is 0 Å². The van der Waals surface area contributed by atoms with E-state index < -0.39 is 0 Å². The Labute approximate surface area is 151 Å². The highest BCUT2D eigenvalue weighted by Gasteiger charge is 2.09. The number of aryl methyl sites for hydroxylation is 1. The van der Waals surface area contributed by atoms with Crippen LogP contribution in [-0.4, -0.2) is 15.9 Å². The highest BCUT2D eigenvalue weighted by atomic mass is 16.1. The lowest BCUT2D eigenvalue weighted by Gasteiger charge is -2.08. The van der Waals surface area contributed by atoms with Crippen molar-refractivity contribution in [2.24, 2.45) is 0 Å². The number of anilines is 3. The van der Waals surface area contributed by atoms with Gasteiger partial charge in [0.2, 0.25) is 0 Å². The zero-order valence-electron chi connectivity index (χ0n) is 14.2. The second kappa shape index (κ2) is 7.90. The Bertz CT molecular complexity index is 943. The van der Waals surface area contributed by atoms with E-state index in [-0.39, 0.29) is 11.6 Å². The number of hydrogen-bond donors (Lipinski definition) is 2. The van der Waals surface area contributed by atoms with Crippen molar-refractivity contribution in [1.29, 1.82) is 5.26 Å². The van der Waals surface area contributed by atoms with Crippen molar-refractivity contribution in [2.75, 3.05) is 10.6 Å². The molecule has 0 aliphatic carbocycles. The van der Waals surface area contributed by atoms with Crippen molar-refractivity contribution in [3.05, 3.63) is 77.7 Å². The van der Waals surface area contributed by atoms with Crippen LogP contribution in [-0.2, 0) is 6.42 Å². The largest absolute Gasteiger partial charge is 0.340 e. The van der Waals surface area contributed by atoms with Crippen molar-refractivity contribution in [2.45, 2.75) is 13.3 Å². The molecule has 6 nitrogen and oxygen atoms in total. The molecule has 3 rings (SSSR count). The zero-order chi connectivity index (χ0) is 18.4. The third-order valence-electron chi connectivity index (χ3n) is 3.81. The topological polar surface area (TPSA) is 90.7 Å². The van der Waals surface area contributed by atoms with E-state index >= 15 is 0 Å². The summed E-state index contributed by atoms with van der Waals surface area (Å²) in [7, 11) is 0. The van der Waals surface area contributed by atoms with Crippen LogP contribution < -0.4 is 10.6 Å². The fourth-order valence-corrected chi connectivity index (χ4v) is 2.34. The van der Waals surface area contributed by atoms with Gasteiger partial charge < -0.3 is 10.6 Å².